The Bertz CT molecular complexity index is 1160. The lowest BCUT2D eigenvalue weighted by atomic mass is 10.1. The summed E-state index contributed by atoms with van der Waals surface area (Å²) in [5, 5.41) is 15.7. The Hall–Kier alpha value is -3.34. The van der Waals surface area contributed by atoms with Crippen LogP contribution in [0.2, 0.25) is 5.02 Å². The smallest absolute Gasteiger partial charge is 0.337 e. The van der Waals surface area contributed by atoms with E-state index in [2.05, 4.69) is 30.5 Å². The fourth-order valence-electron chi connectivity index (χ4n) is 3.53. The highest BCUT2D eigenvalue weighted by Gasteiger charge is 2.14. The molecule has 1 aromatic carbocycles. The predicted octanol–water partition coefficient (Wildman–Crippen LogP) is 3.91. The molecule has 2 aromatic heterocycles. The van der Waals surface area contributed by atoms with Gasteiger partial charge in [-0.2, -0.15) is 4.98 Å². The van der Waals surface area contributed by atoms with Gasteiger partial charge < -0.3 is 20.5 Å². The predicted molar refractivity (Wildman–Crippen MR) is 127 cm³/mol. The van der Waals surface area contributed by atoms with E-state index in [0.29, 0.717) is 29.2 Å². The first kappa shape index (κ1) is 23.8. The molecule has 3 aromatic rings. The number of benzene rings is 1. The molecule has 34 heavy (non-hydrogen) atoms. The van der Waals surface area contributed by atoms with Crippen LogP contribution in [-0.2, 0) is 4.74 Å². The zero-order valence-electron chi connectivity index (χ0n) is 18.3. The summed E-state index contributed by atoms with van der Waals surface area (Å²) in [5.74, 6) is -0.778. The van der Waals surface area contributed by atoms with Crippen LogP contribution in [-0.4, -0.2) is 70.3 Å². The summed E-state index contributed by atoms with van der Waals surface area (Å²) in [4.78, 5) is 26.7. The third-order valence-electron chi connectivity index (χ3n) is 5.31. The minimum atomic E-state index is -1.07. The number of halogens is 2. The van der Waals surface area contributed by atoms with E-state index in [1.54, 1.807) is 12.4 Å². The van der Waals surface area contributed by atoms with Crippen molar-refractivity contribution in [3.05, 3.63) is 59.3 Å². The van der Waals surface area contributed by atoms with Crippen LogP contribution in [0.4, 0.5) is 21.8 Å². The van der Waals surface area contributed by atoms with E-state index in [0.717, 1.165) is 39.3 Å². The number of anilines is 3. The largest absolute Gasteiger partial charge is 0.478 e. The molecule has 1 fully saturated rings. The van der Waals surface area contributed by atoms with Crippen LogP contribution >= 0.6 is 11.6 Å². The number of aromatic carboxylic acids is 1. The van der Waals surface area contributed by atoms with Crippen molar-refractivity contribution >= 4 is 35.0 Å². The summed E-state index contributed by atoms with van der Waals surface area (Å²) in [7, 11) is 0. The van der Waals surface area contributed by atoms with Crippen molar-refractivity contribution in [3.8, 4) is 11.1 Å². The van der Waals surface area contributed by atoms with Gasteiger partial charge >= 0.3 is 5.97 Å². The maximum absolute atomic E-state index is 13.5. The lowest BCUT2D eigenvalue weighted by molar-refractivity contribution is 0.0378. The summed E-state index contributed by atoms with van der Waals surface area (Å²) < 4.78 is 18.9. The third kappa shape index (κ3) is 6.16. The Morgan fingerprint density at radius 1 is 1.21 bits per heavy atom. The van der Waals surface area contributed by atoms with Crippen LogP contribution in [0.25, 0.3) is 11.1 Å². The Morgan fingerprint density at radius 3 is 2.79 bits per heavy atom. The van der Waals surface area contributed by atoms with Crippen molar-refractivity contribution in [2.45, 2.75) is 6.42 Å². The molecule has 11 heteroatoms. The van der Waals surface area contributed by atoms with E-state index in [1.165, 1.54) is 30.5 Å². The molecule has 0 bridgehead atoms. The van der Waals surface area contributed by atoms with E-state index >= 15 is 0 Å². The second-order valence-electron chi connectivity index (χ2n) is 7.71. The van der Waals surface area contributed by atoms with E-state index in [9.17, 15) is 14.3 Å². The number of carboxylic acid groups (broad SMARTS) is 1. The lowest BCUT2D eigenvalue weighted by Crippen LogP contribution is -2.37. The molecule has 178 valence electrons. The number of carboxylic acids is 1. The third-order valence-corrected chi connectivity index (χ3v) is 5.60. The average molecular weight is 487 g/mol. The van der Waals surface area contributed by atoms with Gasteiger partial charge in [0.15, 0.2) is 0 Å². The average Bonchev–Trinajstić information content (AvgIpc) is 2.85. The van der Waals surface area contributed by atoms with E-state index in [4.69, 9.17) is 16.3 Å². The first-order chi connectivity index (χ1) is 16.5. The van der Waals surface area contributed by atoms with Crippen molar-refractivity contribution in [1.82, 2.24) is 19.9 Å². The number of pyridine rings is 1. The van der Waals surface area contributed by atoms with Crippen molar-refractivity contribution in [2.24, 2.45) is 0 Å². The Kier molecular flexibility index (Phi) is 7.84. The number of hydrogen-bond acceptors (Lipinski definition) is 8. The van der Waals surface area contributed by atoms with Gasteiger partial charge in [0.1, 0.15) is 11.6 Å². The normalized spacial score (nSPS) is 14.1. The molecule has 0 unspecified atom stereocenters. The molecule has 1 saturated heterocycles. The van der Waals surface area contributed by atoms with Crippen LogP contribution < -0.4 is 10.6 Å². The van der Waals surface area contributed by atoms with Crippen molar-refractivity contribution in [1.29, 1.82) is 0 Å². The second-order valence-corrected chi connectivity index (χ2v) is 8.12. The topological polar surface area (TPSA) is 112 Å². The fourth-order valence-corrected chi connectivity index (χ4v) is 3.71. The first-order valence-electron chi connectivity index (χ1n) is 10.8. The van der Waals surface area contributed by atoms with Gasteiger partial charge in [0.05, 0.1) is 23.8 Å². The Labute approximate surface area is 201 Å². The number of carbonyl (C=O) groups is 1. The molecular weight excluding hydrogens is 463 g/mol. The minimum absolute atomic E-state index is 0.0142. The maximum atomic E-state index is 13.5. The second kappa shape index (κ2) is 11.2. The minimum Gasteiger partial charge on any atom is -0.478 e. The van der Waals surface area contributed by atoms with Crippen molar-refractivity contribution < 1.29 is 19.0 Å². The van der Waals surface area contributed by atoms with Crippen LogP contribution in [0.5, 0.6) is 0 Å². The zero-order chi connectivity index (χ0) is 23.9. The molecule has 0 saturated carbocycles. The summed E-state index contributed by atoms with van der Waals surface area (Å²) >= 11 is 5.87. The van der Waals surface area contributed by atoms with Gasteiger partial charge in [-0.15, -0.1) is 0 Å². The maximum Gasteiger partial charge on any atom is 0.337 e. The monoisotopic (exact) mass is 486 g/mol. The Balaban J connectivity index is 1.54. The van der Waals surface area contributed by atoms with Crippen LogP contribution in [0.1, 0.15) is 16.8 Å². The van der Waals surface area contributed by atoms with Crippen molar-refractivity contribution in [3.63, 3.8) is 0 Å². The molecule has 1 aliphatic heterocycles. The van der Waals surface area contributed by atoms with Gasteiger partial charge in [-0.05, 0) is 37.2 Å². The Morgan fingerprint density at radius 2 is 2.03 bits per heavy atom. The van der Waals surface area contributed by atoms with Crippen molar-refractivity contribution in [2.75, 3.05) is 50.0 Å². The number of nitrogens with zero attached hydrogens (tertiary/aromatic N) is 4. The van der Waals surface area contributed by atoms with E-state index in [-0.39, 0.29) is 16.5 Å². The molecular formula is C23H24ClFN6O3. The molecule has 0 aliphatic carbocycles. The lowest BCUT2D eigenvalue weighted by Gasteiger charge is -2.26. The fraction of sp³-hybridized carbons (Fsp3) is 0.304. The highest BCUT2D eigenvalue weighted by atomic mass is 35.5. The molecule has 3 N–H and O–H groups in total. The summed E-state index contributed by atoms with van der Waals surface area (Å²) in [6.45, 7) is 4.90. The number of ether oxygens (including phenoxy) is 1. The van der Waals surface area contributed by atoms with Gasteiger partial charge in [0.25, 0.3) is 0 Å². The molecule has 3 heterocycles. The highest BCUT2D eigenvalue weighted by molar-refractivity contribution is 6.31. The SMILES string of the molecule is O=C(O)c1cncc(-c2cnc(Nc3ccc(F)c(Cl)c3)nc2NCCCN2CCOCC2)c1. The quantitative estimate of drug-likeness (QED) is 0.387. The standard InChI is InChI=1S/C23H24ClFN6O3/c24-19-11-17(2-3-20(19)25)29-23-28-14-18(15-10-16(22(32)33)13-26-12-15)21(30-23)27-4-1-5-31-6-8-34-9-7-31/h2-3,10-14H,1,4-9H2,(H,32,33)(H2,27,28,29,30). The summed E-state index contributed by atoms with van der Waals surface area (Å²) in [6, 6.07) is 5.77. The molecule has 0 atom stereocenters. The van der Waals surface area contributed by atoms with Gasteiger partial charge in [0.2, 0.25) is 5.95 Å². The highest BCUT2D eigenvalue weighted by Crippen LogP contribution is 2.28. The van der Waals surface area contributed by atoms with Gasteiger partial charge in [-0.3, -0.25) is 9.88 Å². The number of morpholine rings is 1. The molecule has 0 radical (unpaired) electrons. The first-order valence-corrected chi connectivity index (χ1v) is 11.2. The van der Waals surface area contributed by atoms with E-state index < -0.39 is 11.8 Å². The van der Waals surface area contributed by atoms with Crippen LogP contribution in [0, 0.1) is 5.82 Å². The number of nitrogens with one attached hydrogen (secondary N) is 2. The summed E-state index contributed by atoms with van der Waals surface area (Å²) in [5.41, 5.74) is 1.79. The van der Waals surface area contributed by atoms with Crippen LogP contribution in [0.3, 0.4) is 0 Å². The molecule has 9 nitrogen and oxygen atoms in total. The van der Waals surface area contributed by atoms with Crippen LogP contribution in [0.15, 0.2) is 42.9 Å². The summed E-state index contributed by atoms with van der Waals surface area (Å²) in [6.07, 6.45) is 5.33. The molecule has 1 aliphatic rings. The molecule has 0 spiro atoms. The van der Waals surface area contributed by atoms with Gasteiger partial charge in [0, 0.05) is 55.0 Å². The molecule has 4 rings (SSSR count). The van der Waals surface area contributed by atoms with Gasteiger partial charge in [-0.1, -0.05) is 11.6 Å². The van der Waals surface area contributed by atoms with E-state index in [1.807, 2.05) is 0 Å². The number of rotatable bonds is 9. The van der Waals surface area contributed by atoms with Gasteiger partial charge in [-0.25, -0.2) is 14.2 Å². The number of aromatic nitrogens is 3. The zero-order valence-corrected chi connectivity index (χ0v) is 19.1. The molecule has 0 amide bonds. The number of hydrogen-bond donors (Lipinski definition) is 3.